The zero-order chi connectivity index (χ0) is 10.7. The van der Waals surface area contributed by atoms with Gasteiger partial charge in [0.2, 0.25) is 0 Å². The fraction of sp³-hybridized carbons (Fsp3) is 0.0833. The second-order valence-electron chi connectivity index (χ2n) is 3.35. The second kappa shape index (κ2) is 4.00. The third-order valence-corrected chi connectivity index (χ3v) is 2.10. The summed E-state index contributed by atoms with van der Waals surface area (Å²) >= 11 is 0. The fourth-order valence-electron chi connectivity index (χ4n) is 1.35. The first-order chi connectivity index (χ1) is 7.25. The summed E-state index contributed by atoms with van der Waals surface area (Å²) < 4.78 is 5.05. The Morgan fingerprint density at radius 2 is 2.07 bits per heavy atom. The lowest BCUT2D eigenvalue weighted by atomic mass is 10.1. The van der Waals surface area contributed by atoms with Gasteiger partial charge in [0.15, 0.2) is 11.6 Å². The van der Waals surface area contributed by atoms with Crippen LogP contribution >= 0.6 is 0 Å². The zero-order valence-electron chi connectivity index (χ0n) is 8.47. The van der Waals surface area contributed by atoms with Crippen molar-refractivity contribution in [1.29, 1.82) is 0 Å². The smallest absolute Gasteiger partial charge is 0.167 e. The maximum absolute atomic E-state index is 5.48. The van der Waals surface area contributed by atoms with Gasteiger partial charge in [0.05, 0.1) is 0 Å². The van der Waals surface area contributed by atoms with Gasteiger partial charge in [0, 0.05) is 6.07 Å². The highest BCUT2D eigenvalue weighted by atomic mass is 16.5. The van der Waals surface area contributed by atoms with Gasteiger partial charge in [-0.05, 0) is 24.1 Å². The molecular formula is C12H12N2O. The molecule has 0 bridgehead atoms. The Kier molecular flexibility index (Phi) is 2.54. The molecule has 3 heteroatoms. The molecule has 0 spiro atoms. The molecule has 0 amide bonds. The number of benzene rings is 1. The zero-order valence-corrected chi connectivity index (χ0v) is 8.47. The van der Waals surface area contributed by atoms with Crippen LogP contribution in [-0.2, 0) is 0 Å². The molecule has 2 N–H and O–H groups in total. The van der Waals surface area contributed by atoms with E-state index in [1.807, 2.05) is 43.3 Å². The van der Waals surface area contributed by atoms with E-state index in [0.29, 0.717) is 11.6 Å². The SMILES string of the molecule is C/C(=C\c1ccccc1)c1cc(N)no1. The number of anilines is 1. The number of aromatic nitrogens is 1. The Balaban J connectivity index is 2.28. The van der Waals surface area contributed by atoms with Gasteiger partial charge in [0.1, 0.15) is 0 Å². The molecule has 1 aromatic heterocycles. The Labute approximate surface area is 88.2 Å². The lowest BCUT2D eigenvalue weighted by molar-refractivity contribution is 0.413. The number of hydrogen-bond acceptors (Lipinski definition) is 3. The molecule has 2 aromatic rings. The van der Waals surface area contributed by atoms with Crippen molar-refractivity contribution in [3.05, 3.63) is 47.7 Å². The normalized spacial score (nSPS) is 11.7. The van der Waals surface area contributed by atoms with Crippen molar-refractivity contribution in [2.24, 2.45) is 0 Å². The summed E-state index contributed by atoms with van der Waals surface area (Å²) in [6.45, 7) is 1.97. The van der Waals surface area contributed by atoms with Crippen LogP contribution in [0.25, 0.3) is 11.6 Å². The van der Waals surface area contributed by atoms with Gasteiger partial charge in [0.25, 0.3) is 0 Å². The standard InChI is InChI=1S/C12H12N2O/c1-9(11-8-12(13)14-15-11)7-10-5-3-2-4-6-10/h2-8H,1H3,(H2,13,14)/b9-7+. The van der Waals surface area contributed by atoms with E-state index in [4.69, 9.17) is 10.3 Å². The largest absolute Gasteiger partial charge is 0.381 e. The van der Waals surface area contributed by atoms with E-state index in [0.717, 1.165) is 11.1 Å². The van der Waals surface area contributed by atoms with Crippen LogP contribution in [0.1, 0.15) is 18.2 Å². The second-order valence-corrected chi connectivity index (χ2v) is 3.35. The van der Waals surface area contributed by atoms with Gasteiger partial charge < -0.3 is 10.3 Å². The van der Waals surface area contributed by atoms with Crippen molar-refractivity contribution in [1.82, 2.24) is 5.16 Å². The number of nitrogens with zero attached hydrogens (tertiary/aromatic N) is 1. The first-order valence-corrected chi connectivity index (χ1v) is 4.71. The van der Waals surface area contributed by atoms with E-state index in [-0.39, 0.29) is 0 Å². The minimum atomic E-state index is 0.408. The van der Waals surface area contributed by atoms with Crippen LogP contribution in [0, 0.1) is 0 Å². The third-order valence-electron chi connectivity index (χ3n) is 2.10. The van der Waals surface area contributed by atoms with Gasteiger partial charge >= 0.3 is 0 Å². The van der Waals surface area contributed by atoms with E-state index in [2.05, 4.69) is 5.16 Å². The molecule has 15 heavy (non-hydrogen) atoms. The molecular weight excluding hydrogens is 188 g/mol. The summed E-state index contributed by atoms with van der Waals surface area (Å²) in [4.78, 5) is 0. The molecule has 0 unspecified atom stereocenters. The van der Waals surface area contributed by atoms with Gasteiger partial charge in [-0.25, -0.2) is 0 Å². The summed E-state index contributed by atoms with van der Waals surface area (Å²) in [6.07, 6.45) is 2.03. The van der Waals surface area contributed by atoms with Gasteiger partial charge in [-0.2, -0.15) is 0 Å². The molecule has 76 valence electrons. The Morgan fingerprint density at radius 3 is 2.67 bits per heavy atom. The van der Waals surface area contributed by atoms with Crippen molar-refractivity contribution >= 4 is 17.5 Å². The maximum atomic E-state index is 5.48. The molecule has 0 radical (unpaired) electrons. The highest BCUT2D eigenvalue weighted by molar-refractivity contribution is 5.78. The number of allylic oxidation sites excluding steroid dienone is 1. The summed E-state index contributed by atoms with van der Waals surface area (Å²) in [5.41, 5.74) is 7.61. The van der Waals surface area contributed by atoms with Crippen LogP contribution < -0.4 is 5.73 Å². The predicted octanol–water partition coefficient (Wildman–Crippen LogP) is 2.82. The Bertz CT molecular complexity index is 471. The van der Waals surface area contributed by atoms with E-state index in [1.54, 1.807) is 6.07 Å². The molecule has 0 atom stereocenters. The van der Waals surface area contributed by atoms with E-state index >= 15 is 0 Å². The highest BCUT2D eigenvalue weighted by Crippen LogP contribution is 2.18. The van der Waals surface area contributed by atoms with Gasteiger partial charge in [-0.1, -0.05) is 35.5 Å². The van der Waals surface area contributed by atoms with Crippen molar-refractivity contribution in [2.75, 3.05) is 5.73 Å². The molecule has 3 nitrogen and oxygen atoms in total. The molecule has 0 aliphatic heterocycles. The number of nitrogens with two attached hydrogens (primary N) is 1. The average Bonchev–Trinajstić information content (AvgIpc) is 2.66. The number of rotatable bonds is 2. The topological polar surface area (TPSA) is 52.0 Å². The van der Waals surface area contributed by atoms with E-state index in [9.17, 15) is 0 Å². The minimum Gasteiger partial charge on any atom is -0.381 e. The third kappa shape index (κ3) is 2.26. The van der Waals surface area contributed by atoms with Gasteiger partial charge in [-0.15, -0.1) is 0 Å². The van der Waals surface area contributed by atoms with Gasteiger partial charge in [-0.3, -0.25) is 0 Å². The van der Waals surface area contributed by atoms with Crippen LogP contribution in [0.2, 0.25) is 0 Å². The van der Waals surface area contributed by atoms with Crippen molar-refractivity contribution in [2.45, 2.75) is 6.92 Å². The first kappa shape index (κ1) is 9.52. The first-order valence-electron chi connectivity index (χ1n) is 4.71. The number of hydrogen-bond donors (Lipinski definition) is 1. The fourth-order valence-corrected chi connectivity index (χ4v) is 1.35. The monoisotopic (exact) mass is 200 g/mol. The Morgan fingerprint density at radius 1 is 1.33 bits per heavy atom. The van der Waals surface area contributed by atoms with E-state index < -0.39 is 0 Å². The van der Waals surface area contributed by atoms with E-state index in [1.165, 1.54) is 0 Å². The summed E-state index contributed by atoms with van der Waals surface area (Å²) in [5, 5.41) is 3.64. The van der Waals surface area contributed by atoms with Crippen molar-refractivity contribution < 1.29 is 4.52 Å². The number of nitrogen functional groups attached to an aromatic ring is 1. The van der Waals surface area contributed by atoms with Crippen LogP contribution in [0.4, 0.5) is 5.82 Å². The van der Waals surface area contributed by atoms with Crippen LogP contribution in [0.5, 0.6) is 0 Å². The van der Waals surface area contributed by atoms with Crippen LogP contribution in [-0.4, -0.2) is 5.16 Å². The molecule has 0 saturated heterocycles. The lowest BCUT2D eigenvalue weighted by Crippen LogP contribution is -1.80. The van der Waals surface area contributed by atoms with Crippen molar-refractivity contribution in [3.8, 4) is 0 Å². The maximum Gasteiger partial charge on any atom is 0.167 e. The summed E-state index contributed by atoms with van der Waals surface area (Å²) in [7, 11) is 0. The molecule has 2 rings (SSSR count). The summed E-state index contributed by atoms with van der Waals surface area (Å²) in [5.74, 6) is 1.11. The van der Waals surface area contributed by atoms with Crippen LogP contribution in [0.3, 0.4) is 0 Å². The minimum absolute atomic E-state index is 0.408. The molecule has 1 heterocycles. The predicted molar refractivity (Wildman–Crippen MR) is 60.9 cm³/mol. The Hall–Kier alpha value is -2.03. The quantitative estimate of drug-likeness (QED) is 0.810. The average molecular weight is 200 g/mol. The molecule has 1 aromatic carbocycles. The highest BCUT2D eigenvalue weighted by Gasteiger charge is 2.02. The lowest BCUT2D eigenvalue weighted by Gasteiger charge is -1.95. The molecule has 0 saturated carbocycles. The molecule has 0 fully saturated rings. The summed E-state index contributed by atoms with van der Waals surface area (Å²) in [6, 6.07) is 11.8. The van der Waals surface area contributed by atoms with Crippen LogP contribution in [0.15, 0.2) is 40.9 Å². The van der Waals surface area contributed by atoms with Crippen molar-refractivity contribution in [3.63, 3.8) is 0 Å². The molecule has 0 aliphatic rings. The molecule has 0 aliphatic carbocycles.